The second-order valence-electron chi connectivity index (χ2n) is 7.00. The summed E-state index contributed by atoms with van der Waals surface area (Å²) >= 11 is 0. The van der Waals surface area contributed by atoms with E-state index in [2.05, 4.69) is 34.1 Å². The van der Waals surface area contributed by atoms with E-state index >= 15 is 0 Å². The van der Waals surface area contributed by atoms with Crippen LogP contribution in [0.2, 0.25) is 0 Å². The summed E-state index contributed by atoms with van der Waals surface area (Å²) in [7, 11) is 4.00. The Morgan fingerprint density at radius 2 is 2.14 bits per heavy atom. The largest absolute Gasteiger partial charge is 0.381 e. The van der Waals surface area contributed by atoms with Crippen molar-refractivity contribution in [1.29, 1.82) is 0 Å². The molecule has 2 heterocycles. The zero-order valence-corrected chi connectivity index (χ0v) is 14.7. The molecule has 2 aliphatic heterocycles. The highest BCUT2D eigenvalue weighted by Gasteiger charge is 2.19. The second-order valence-corrected chi connectivity index (χ2v) is 7.00. The summed E-state index contributed by atoms with van der Waals surface area (Å²) < 4.78 is 5.46. The van der Waals surface area contributed by atoms with E-state index in [0.717, 1.165) is 32.3 Å². The van der Waals surface area contributed by atoms with Crippen molar-refractivity contribution in [1.82, 2.24) is 15.1 Å². The molecule has 0 saturated carbocycles. The molecule has 0 aromatic heterocycles. The highest BCUT2D eigenvalue weighted by atomic mass is 16.5. The average molecular weight is 310 g/mol. The van der Waals surface area contributed by atoms with Crippen LogP contribution in [0.5, 0.6) is 0 Å². The molecule has 22 heavy (non-hydrogen) atoms. The Morgan fingerprint density at radius 1 is 1.36 bits per heavy atom. The Morgan fingerprint density at radius 3 is 2.77 bits per heavy atom. The van der Waals surface area contributed by atoms with E-state index in [1.54, 1.807) is 0 Å². The fourth-order valence-corrected chi connectivity index (χ4v) is 3.50. The standard InChI is InChI=1S/C17H34N4O/c1-15(12-21-8-5-4-6-9-21)11-19-17(18-2)20(3)13-16-7-10-22-14-16/h15-16H,4-14H2,1-3H3,(H,18,19). The SMILES string of the molecule is CN=C(NCC(C)CN1CCCCC1)N(C)CC1CCOC1. The van der Waals surface area contributed by atoms with Gasteiger partial charge in [0.15, 0.2) is 5.96 Å². The molecule has 0 aliphatic carbocycles. The van der Waals surface area contributed by atoms with Gasteiger partial charge in [-0.3, -0.25) is 4.99 Å². The number of guanidine groups is 1. The van der Waals surface area contributed by atoms with E-state index in [1.807, 2.05) is 7.05 Å². The third-order valence-electron chi connectivity index (χ3n) is 4.76. The van der Waals surface area contributed by atoms with Crippen molar-refractivity contribution in [2.75, 3.05) is 60.0 Å². The van der Waals surface area contributed by atoms with Gasteiger partial charge >= 0.3 is 0 Å². The van der Waals surface area contributed by atoms with Crippen LogP contribution in [-0.4, -0.2) is 75.8 Å². The van der Waals surface area contributed by atoms with E-state index < -0.39 is 0 Å². The van der Waals surface area contributed by atoms with Crippen LogP contribution in [0, 0.1) is 11.8 Å². The number of likely N-dealkylation sites (tertiary alicyclic amines) is 1. The predicted octanol–water partition coefficient (Wildman–Crippen LogP) is 1.65. The first kappa shape index (κ1) is 17.5. The van der Waals surface area contributed by atoms with Crippen LogP contribution in [0.15, 0.2) is 4.99 Å². The lowest BCUT2D eigenvalue weighted by Crippen LogP contribution is -2.44. The molecule has 2 aliphatic rings. The van der Waals surface area contributed by atoms with Gasteiger partial charge in [0.2, 0.25) is 0 Å². The summed E-state index contributed by atoms with van der Waals surface area (Å²) in [5, 5.41) is 3.54. The minimum Gasteiger partial charge on any atom is -0.381 e. The smallest absolute Gasteiger partial charge is 0.193 e. The molecule has 2 unspecified atom stereocenters. The lowest BCUT2D eigenvalue weighted by molar-refractivity contribution is 0.181. The first-order valence-electron chi connectivity index (χ1n) is 8.91. The molecule has 5 heteroatoms. The lowest BCUT2D eigenvalue weighted by atomic mass is 10.1. The average Bonchev–Trinajstić information content (AvgIpc) is 3.01. The zero-order valence-electron chi connectivity index (χ0n) is 14.7. The predicted molar refractivity (Wildman–Crippen MR) is 92.4 cm³/mol. The van der Waals surface area contributed by atoms with Gasteiger partial charge in [0.1, 0.15) is 0 Å². The number of piperidine rings is 1. The molecule has 128 valence electrons. The molecule has 1 N–H and O–H groups in total. The molecule has 2 saturated heterocycles. The number of hydrogen-bond donors (Lipinski definition) is 1. The minimum absolute atomic E-state index is 0.648. The first-order chi connectivity index (χ1) is 10.7. The Bertz CT molecular complexity index is 336. The number of aliphatic imine (C=N–C) groups is 1. The van der Waals surface area contributed by atoms with Crippen LogP contribution < -0.4 is 5.32 Å². The number of ether oxygens (including phenoxy) is 1. The van der Waals surface area contributed by atoms with E-state index in [-0.39, 0.29) is 0 Å². The highest BCUT2D eigenvalue weighted by molar-refractivity contribution is 5.79. The van der Waals surface area contributed by atoms with Crippen LogP contribution in [0.4, 0.5) is 0 Å². The van der Waals surface area contributed by atoms with Crippen molar-refractivity contribution >= 4 is 5.96 Å². The summed E-state index contributed by atoms with van der Waals surface area (Å²) in [5.74, 6) is 2.31. The van der Waals surface area contributed by atoms with Gasteiger partial charge in [-0.2, -0.15) is 0 Å². The Kier molecular flexibility index (Phi) is 7.46. The van der Waals surface area contributed by atoms with Crippen LogP contribution in [-0.2, 0) is 4.74 Å². The number of nitrogens with zero attached hydrogens (tertiary/aromatic N) is 3. The number of rotatable bonds is 6. The Balaban J connectivity index is 1.67. The van der Waals surface area contributed by atoms with E-state index in [1.165, 1.54) is 45.3 Å². The van der Waals surface area contributed by atoms with Crippen molar-refractivity contribution in [2.45, 2.75) is 32.6 Å². The highest BCUT2D eigenvalue weighted by Crippen LogP contribution is 2.13. The maximum absolute atomic E-state index is 5.46. The van der Waals surface area contributed by atoms with Gasteiger partial charge in [0, 0.05) is 46.3 Å². The third-order valence-corrected chi connectivity index (χ3v) is 4.76. The topological polar surface area (TPSA) is 40.1 Å². The van der Waals surface area contributed by atoms with Gasteiger partial charge in [-0.15, -0.1) is 0 Å². The van der Waals surface area contributed by atoms with Crippen molar-refractivity contribution < 1.29 is 4.74 Å². The molecular formula is C17H34N4O. The van der Waals surface area contributed by atoms with Crippen molar-refractivity contribution in [3.63, 3.8) is 0 Å². The molecule has 0 bridgehead atoms. The summed E-state index contributed by atoms with van der Waals surface area (Å²) in [4.78, 5) is 9.28. The summed E-state index contributed by atoms with van der Waals surface area (Å²) in [5.41, 5.74) is 0. The molecule has 5 nitrogen and oxygen atoms in total. The van der Waals surface area contributed by atoms with Gasteiger partial charge in [0.05, 0.1) is 6.61 Å². The fraction of sp³-hybridized carbons (Fsp3) is 0.941. The summed E-state index contributed by atoms with van der Waals surface area (Å²) in [6.07, 6.45) is 5.32. The summed E-state index contributed by atoms with van der Waals surface area (Å²) in [6.45, 7) is 9.92. The van der Waals surface area contributed by atoms with Gasteiger partial charge in [-0.25, -0.2) is 0 Å². The van der Waals surface area contributed by atoms with Crippen LogP contribution in [0.3, 0.4) is 0 Å². The van der Waals surface area contributed by atoms with E-state index in [9.17, 15) is 0 Å². The Labute approximate surface area is 136 Å². The molecular weight excluding hydrogens is 276 g/mol. The molecule has 2 atom stereocenters. The van der Waals surface area contributed by atoms with Crippen LogP contribution in [0.25, 0.3) is 0 Å². The second kappa shape index (κ2) is 9.36. The lowest BCUT2D eigenvalue weighted by Gasteiger charge is -2.30. The molecule has 2 rings (SSSR count). The number of nitrogens with one attached hydrogen (secondary N) is 1. The van der Waals surface area contributed by atoms with Crippen LogP contribution >= 0.6 is 0 Å². The minimum atomic E-state index is 0.648. The number of hydrogen-bond acceptors (Lipinski definition) is 3. The zero-order chi connectivity index (χ0) is 15.8. The van der Waals surface area contributed by atoms with Gasteiger partial charge < -0.3 is 19.9 Å². The van der Waals surface area contributed by atoms with E-state index in [0.29, 0.717) is 11.8 Å². The van der Waals surface area contributed by atoms with Crippen LogP contribution in [0.1, 0.15) is 32.6 Å². The van der Waals surface area contributed by atoms with Crippen molar-refractivity contribution in [2.24, 2.45) is 16.8 Å². The summed E-state index contributed by atoms with van der Waals surface area (Å²) in [6, 6.07) is 0. The molecule has 2 fully saturated rings. The monoisotopic (exact) mass is 310 g/mol. The quantitative estimate of drug-likeness (QED) is 0.598. The molecule has 0 aromatic rings. The van der Waals surface area contributed by atoms with Gasteiger partial charge in [-0.1, -0.05) is 13.3 Å². The van der Waals surface area contributed by atoms with Gasteiger partial charge in [-0.05, 0) is 38.3 Å². The Hall–Kier alpha value is -0.810. The maximum atomic E-state index is 5.46. The van der Waals surface area contributed by atoms with Crippen molar-refractivity contribution in [3.8, 4) is 0 Å². The molecule has 0 amide bonds. The first-order valence-corrected chi connectivity index (χ1v) is 8.91. The fourth-order valence-electron chi connectivity index (χ4n) is 3.50. The molecule has 0 aromatic carbocycles. The maximum Gasteiger partial charge on any atom is 0.193 e. The van der Waals surface area contributed by atoms with E-state index in [4.69, 9.17) is 4.74 Å². The third kappa shape index (κ3) is 5.76. The van der Waals surface area contributed by atoms with Gasteiger partial charge in [0.25, 0.3) is 0 Å². The van der Waals surface area contributed by atoms with Crippen molar-refractivity contribution in [3.05, 3.63) is 0 Å². The molecule has 0 radical (unpaired) electrons. The molecule has 0 spiro atoms. The normalized spacial score (nSPS) is 25.2.